The number of carbonyl (C=O) groups excluding carboxylic acids is 6. The quantitative estimate of drug-likeness (QED) is 0.342. The minimum absolute atomic E-state index is 0.563. The molecular formula is C8H6O8S3. The molecule has 0 rings (SSSR count). The highest BCUT2D eigenvalue weighted by atomic mass is 33.5. The molecule has 0 radical (unpaired) electrons. The smallest absolute Gasteiger partial charge is 0.279 e. The molecule has 0 aliphatic heterocycles. The van der Waals surface area contributed by atoms with Crippen LogP contribution in [0, 0.1) is 0 Å². The molecule has 0 heterocycles. The van der Waals surface area contributed by atoms with E-state index >= 15 is 0 Å². The van der Waals surface area contributed by atoms with Crippen LogP contribution >= 0.6 is 21.6 Å². The van der Waals surface area contributed by atoms with Crippen molar-refractivity contribution in [1.29, 1.82) is 0 Å². The molecule has 0 aliphatic rings. The molecule has 0 amide bonds. The highest BCUT2D eigenvalue weighted by molar-refractivity contribution is 9.10. The van der Waals surface area contributed by atoms with Gasteiger partial charge in [0.15, 0.2) is 0 Å². The SMILES string of the molecule is CC(=O)C(=O)C(=O)SS(=O)(=O)SC(=O)C(=O)C(C)=O. The van der Waals surface area contributed by atoms with E-state index in [0.29, 0.717) is 0 Å². The summed E-state index contributed by atoms with van der Waals surface area (Å²) in [5, 5.41) is -3.19. The standard InChI is InChI=1S/C8H6O8S3/c1-3(9)5(11)7(13)17-19(15,16)18-8(14)6(12)4(2)10/h1-2H3. The maximum absolute atomic E-state index is 11.3. The molecule has 104 valence electrons. The third-order valence-corrected chi connectivity index (χ3v) is 5.81. The van der Waals surface area contributed by atoms with Crippen LogP contribution in [-0.4, -0.2) is 41.8 Å². The van der Waals surface area contributed by atoms with E-state index in [2.05, 4.69) is 0 Å². The van der Waals surface area contributed by atoms with Crippen LogP contribution in [-0.2, 0) is 36.7 Å². The monoisotopic (exact) mass is 326 g/mol. The van der Waals surface area contributed by atoms with Crippen LogP contribution < -0.4 is 0 Å². The second-order valence-corrected chi connectivity index (χ2v) is 9.08. The van der Waals surface area contributed by atoms with Crippen LogP contribution in [0.5, 0.6) is 0 Å². The normalized spacial score (nSPS) is 10.6. The van der Waals surface area contributed by atoms with Crippen LogP contribution in [0.2, 0.25) is 0 Å². The van der Waals surface area contributed by atoms with E-state index in [9.17, 15) is 37.2 Å². The minimum Gasteiger partial charge on any atom is -0.291 e. The molecule has 0 N–H and O–H groups in total. The molecule has 0 saturated heterocycles. The highest BCUT2D eigenvalue weighted by Gasteiger charge is 2.32. The Morgan fingerprint density at radius 3 is 1.16 bits per heavy atom. The summed E-state index contributed by atoms with van der Waals surface area (Å²) in [6.07, 6.45) is 0. The van der Waals surface area contributed by atoms with Crippen LogP contribution in [0.25, 0.3) is 0 Å². The van der Waals surface area contributed by atoms with E-state index in [1.165, 1.54) is 0 Å². The summed E-state index contributed by atoms with van der Waals surface area (Å²) in [5.41, 5.74) is 0. The predicted octanol–water partition coefficient (Wildman–Crippen LogP) is -0.933. The predicted molar refractivity (Wildman–Crippen MR) is 65.5 cm³/mol. The van der Waals surface area contributed by atoms with Gasteiger partial charge in [0.2, 0.25) is 11.6 Å². The Bertz CT molecular complexity index is 539. The fraction of sp³-hybridized carbons (Fsp3) is 0.250. The Balaban J connectivity index is 4.85. The van der Waals surface area contributed by atoms with Gasteiger partial charge in [0.1, 0.15) is 0 Å². The molecule has 0 saturated carbocycles. The molecule has 0 aromatic carbocycles. The fourth-order valence-electron chi connectivity index (χ4n) is 0.566. The first-order valence-corrected chi connectivity index (χ1v) is 8.45. The molecule has 0 aromatic heterocycles. The zero-order chi connectivity index (χ0) is 15.4. The van der Waals surface area contributed by atoms with Gasteiger partial charge in [-0.15, -0.1) is 0 Å². The zero-order valence-electron chi connectivity index (χ0n) is 9.49. The lowest BCUT2D eigenvalue weighted by molar-refractivity contribution is -0.140. The minimum atomic E-state index is -4.55. The average molecular weight is 326 g/mol. The van der Waals surface area contributed by atoms with Gasteiger partial charge < -0.3 is 0 Å². The van der Waals surface area contributed by atoms with Crippen molar-refractivity contribution < 1.29 is 37.2 Å². The summed E-state index contributed by atoms with van der Waals surface area (Å²) in [6, 6.07) is 0. The summed E-state index contributed by atoms with van der Waals surface area (Å²) >= 11 is 0. The van der Waals surface area contributed by atoms with Gasteiger partial charge in [-0.05, 0) is 0 Å². The largest absolute Gasteiger partial charge is 0.291 e. The summed E-state index contributed by atoms with van der Waals surface area (Å²) in [5.74, 6) is -5.44. The van der Waals surface area contributed by atoms with Crippen LogP contribution in [0.4, 0.5) is 0 Å². The second-order valence-electron chi connectivity index (χ2n) is 2.92. The van der Waals surface area contributed by atoms with E-state index in [0.717, 1.165) is 13.8 Å². The summed E-state index contributed by atoms with van der Waals surface area (Å²) in [7, 11) is -5.67. The average Bonchev–Trinajstić information content (AvgIpc) is 2.24. The van der Waals surface area contributed by atoms with Crippen molar-refractivity contribution in [2.75, 3.05) is 0 Å². The number of rotatable bonds is 6. The number of carbonyl (C=O) groups is 6. The van der Waals surface area contributed by atoms with Crippen molar-refractivity contribution >= 4 is 62.9 Å². The van der Waals surface area contributed by atoms with Gasteiger partial charge in [-0.3, -0.25) is 28.8 Å². The number of Topliss-reactive ketones (excluding diaryl/α,β-unsaturated/α-hetero) is 4. The van der Waals surface area contributed by atoms with Gasteiger partial charge in [0, 0.05) is 13.8 Å². The number of hydrogen-bond acceptors (Lipinski definition) is 10. The summed E-state index contributed by atoms with van der Waals surface area (Å²) in [6.45, 7) is 1.54. The first-order chi connectivity index (χ1) is 8.48. The molecule has 0 aromatic rings. The van der Waals surface area contributed by atoms with Crippen LogP contribution in [0.1, 0.15) is 13.8 Å². The van der Waals surface area contributed by atoms with Gasteiger partial charge in [0.25, 0.3) is 29.7 Å². The molecule has 11 heteroatoms. The third-order valence-electron chi connectivity index (χ3n) is 1.37. The summed E-state index contributed by atoms with van der Waals surface area (Å²) in [4.78, 5) is 64.8. The molecule has 0 atom stereocenters. The lowest BCUT2D eigenvalue weighted by Gasteiger charge is -1.98. The second kappa shape index (κ2) is 6.73. The maximum Gasteiger partial charge on any atom is 0.279 e. The van der Waals surface area contributed by atoms with Crippen LogP contribution in [0.3, 0.4) is 0 Å². The molecule has 0 bridgehead atoms. The number of ketones is 4. The van der Waals surface area contributed by atoms with Gasteiger partial charge in [-0.25, -0.2) is 8.42 Å². The van der Waals surface area contributed by atoms with Crippen molar-refractivity contribution in [3.05, 3.63) is 0 Å². The lowest BCUT2D eigenvalue weighted by Crippen LogP contribution is -2.22. The van der Waals surface area contributed by atoms with Gasteiger partial charge >= 0.3 is 0 Å². The van der Waals surface area contributed by atoms with E-state index in [-0.39, 0.29) is 0 Å². The molecule has 8 nitrogen and oxygen atoms in total. The van der Waals surface area contributed by atoms with Crippen molar-refractivity contribution in [3.8, 4) is 0 Å². The molecular weight excluding hydrogens is 320 g/mol. The van der Waals surface area contributed by atoms with Gasteiger partial charge in [0.05, 0.1) is 21.6 Å². The molecule has 0 aliphatic carbocycles. The zero-order valence-corrected chi connectivity index (χ0v) is 11.9. The summed E-state index contributed by atoms with van der Waals surface area (Å²) < 4.78 is 22.5. The van der Waals surface area contributed by atoms with E-state index in [1.54, 1.807) is 0 Å². The van der Waals surface area contributed by atoms with Gasteiger partial charge in [-0.2, -0.15) is 0 Å². The Kier molecular flexibility index (Phi) is 6.25. The molecule has 0 fully saturated rings. The first-order valence-electron chi connectivity index (χ1n) is 4.30. The Hall–Kier alpha value is -1.33. The number of hydrogen-bond donors (Lipinski definition) is 0. The molecule has 0 spiro atoms. The lowest BCUT2D eigenvalue weighted by atomic mass is 10.3. The van der Waals surface area contributed by atoms with E-state index in [4.69, 9.17) is 0 Å². The van der Waals surface area contributed by atoms with E-state index in [1.807, 2.05) is 0 Å². The molecule has 0 unspecified atom stereocenters. The Morgan fingerprint density at radius 1 is 0.684 bits per heavy atom. The highest BCUT2D eigenvalue weighted by Crippen LogP contribution is 2.28. The maximum atomic E-state index is 11.3. The van der Waals surface area contributed by atoms with Gasteiger partial charge in [-0.1, -0.05) is 0 Å². The van der Waals surface area contributed by atoms with Crippen molar-refractivity contribution in [3.63, 3.8) is 0 Å². The Labute approximate surface area is 114 Å². The van der Waals surface area contributed by atoms with Crippen molar-refractivity contribution in [2.24, 2.45) is 0 Å². The first kappa shape index (κ1) is 17.7. The Morgan fingerprint density at radius 2 is 0.947 bits per heavy atom. The fourth-order valence-corrected chi connectivity index (χ4v) is 4.50. The molecule has 19 heavy (non-hydrogen) atoms. The third kappa shape index (κ3) is 5.89. The van der Waals surface area contributed by atoms with Crippen LogP contribution in [0.15, 0.2) is 0 Å². The van der Waals surface area contributed by atoms with Crippen molar-refractivity contribution in [2.45, 2.75) is 13.8 Å². The topological polar surface area (TPSA) is 137 Å². The van der Waals surface area contributed by atoms with E-state index < -0.39 is 62.9 Å². The van der Waals surface area contributed by atoms with Crippen molar-refractivity contribution in [1.82, 2.24) is 0 Å².